The number of fused-ring (bicyclic) bond motifs is 1. The summed E-state index contributed by atoms with van der Waals surface area (Å²) in [4.78, 5) is 36.2. The van der Waals surface area contributed by atoms with Crippen molar-refractivity contribution in [2.45, 2.75) is 25.7 Å². The molecular weight excluding hydrogens is 350 g/mol. The Morgan fingerprint density at radius 1 is 1.40 bits per heavy atom. The number of amides is 1. The van der Waals surface area contributed by atoms with Gasteiger partial charge in [0, 0.05) is 32.0 Å². The predicted molar refractivity (Wildman–Crippen MR) is 92.8 cm³/mol. The van der Waals surface area contributed by atoms with Crippen molar-refractivity contribution < 1.29 is 14.1 Å². The van der Waals surface area contributed by atoms with Crippen molar-refractivity contribution in [3.05, 3.63) is 43.3 Å². The van der Waals surface area contributed by atoms with Crippen LogP contribution in [-0.2, 0) is 4.79 Å². The minimum atomic E-state index is -0.700. The zero-order valence-corrected chi connectivity index (χ0v) is 14.2. The van der Waals surface area contributed by atoms with Crippen LogP contribution in [0, 0.1) is 10.1 Å². The van der Waals surface area contributed by atoms with E-state index in [4.69, 9.17) is 21.8 Å². The Bertz CT molecular complexity index is 931. The minimum Gasteiger partial charge on any atom is -0.453 e. The van der Waals surface area contributed by atoms with Crippen LogP contribution in [0.3, 0.4) is 0 Å². The van der Waals surface area contributed by atoms with E-state index in [9.17, 15) is 19.7 Å². The first kappa shape index (κ1) is 17.2. The number of nitrogen functional groups attached to an aromatic ring is 1. The van der Waals surface area contributed by atoms with Gasteiger partial charge in [-0.25, -0.2) is 0 Å². The molecule has 1 amide bonds. The molecule has 0 spiro atoms. The molecule has 25 heavy (non-hydrogen) atoms. The number of nitro groups is 1. The lowest BCUT2D eigenvalue weighted by atomic mass is 9.93. The molecule has 0 atom stereocenters. The third kappa shape index (κ3) is 3.05. The molecule has 3 rings (SSSR count). The van der Waals surface area contributed by atoms with Gasteiger partial charge in [0.2, 0.25) is 11.5 Å². The number of nitrogens with zero attached hydrogens (tertiary/aromatic N) is 2. The number of carbonyl (C=O) groups excluding carboxylic acids is 1. The Morgan fingerprint density at radius 3 is 2.60 bits per heavy atom. The molecule has 2 N–H and O–H groups in total. The van der Waals surface area contributed by atoms with Gasteiger partial charge in [-0.1, -0.05) is 11.6 Å². The van der Waals surface area contributed by atoms with E-state index in [0.29, 0.717) is 31.7 Å². The van der Waals surface area contributed by atoms with Gasteiger partial charge in [-0.3, -0.25) is 19.7 Å². The topological polar surface area (TPSA) is 120 Å². The van der Waals surface area contributed by atoms with E-state index in [1.54, 1.807) is 4.90 Å². The summed E-state index contributed by atoms with van der Waals surface area (Å²) in [7, 11) is 0. The lowest BCUT2D eigenvalue weighted by molar-refractivity contribution is -0.382. The average molecular weight is 366 g/mol. The molecule has 1 aliphatic rings. The largest absolute Gasteiger partial charge is 0.453 e. The first-order valence-electron chi connectivity index (χ1n) is 7.75. The second-order valence-corrected chi connectivity index (χ2v) is 6.46. The van der Waals surface area contributed by atoms with Gasteiger partial charge in [0.25, 0.3) is 0 Å². The van der Waals surface area contributed by atoms with Crippen LogP contribution in [-0.4, -0.2) is 28.8 Å². The zero-order chi connectivity index (χ0) is 18.3. The molecule has 1 aromatic carbocycles. The number of nitro benzene ring substituents is 1. The van der Waals surface area contributed by atoms with E-state index < -0.39 is 16.0 Å². The molecule has 1 fully saturated rings. The third-order valence-electron chi connectivity index (χ3n) is 4.53. The molecule has 132 valence electrons. The van der Waals surface area contributed by atoms with Crippen LogP contribution in [0.2, 0.25) is 5.02 Å². The molecule has 9 heteroatoms. The summed E-state index contributed by atoms with van der Waals surface area (Å²) in [5.74, 6) is 0.270. The van der Waals surface area contributed by atoms with E-state index >= 15 is 0 Å². The van der Waals surface area contributed by atoms with E-state index in [1.165, 1.54) is 19.1 Å². The normalized spacial score (nSPS) is 15.5. The lowest BCUT2D eigenvalue weighted by Gasteiger charge is -2.30. The number of benzene rings is 1. The predicted octanol–water partition coefficient (Wildman–Crippen LogP) is 2.66. The molecular formula is C16H16ClN3O5. The van der Waals surface area contributed by atoms with Crippen molar-refractivity contribution in [3.8, 4) is 0 Å². The van der Waals surface area contributed by atoms with Crippen LogP contribution in [0.4, 0.5) is 11.4 Å². The van der Waals surface area contributed by atoms with E-state index in [2.05, 4.69) is 0 Å². The highest BCUT2D eigenvalue weighted by atomic mass is 35.5. The molecule has 2 aromatic rings. The fourth-order valence-electron chi connectivity index (χ4n) is 3.13. The van der Waals surface area contributed by atoms with Crippen LogP contribution in [0.25, 0.3) is 11.0 Å². The van der Waals surface area contributed by atoms with Gasteiger partial charge in [-0.15, -0.1) is 0 Å². The van der Waals surface area contributed by atoms with Crippen molar-refractivity contribution in [2.24, 2.45) is 0 Å². The molecule has 8 nitrogen and oxygen atoms in total. The van der Waals surface area contributed by atoms with Crippen molar-refractivity contribution in [2.75, 3.05) is 18.8 Å². The fraction of sp³-hybridized carbons (Fsp3) is 0.375. The molecule has 1 aromatic heterocycles. The summed E-state index contributed by atoms with van der Waals surface area (Å²) in [6.45, 7) is 2.60. The quantitative estimate of drug-likeness (QED) is 0.496. The zero-order valence-electron chi connectivity index (χ0n) is 13.5. The molecule has 0 saturated carbocycles. The number of anilines is 1. The SMILES string of the molecule is CC(=O)N1CCC(c2cc(=O)c3cc(Cl)c(N)c([N+](=O)[O-])c3o2)CC1. The number of hydrogen-bond donors (Lipinski definition) is 1. The van der Waals surface area contributed by atoms with Crippen LogP contribution in [0.5, 0.6) is 0 Å². The van der Waals surface area contributed by atoms with Crippen molar-refractivity contribution in [1.82, 2.24) is 4.90 Å². The van der Waals surface area contributed by atoms with E-state index in [0.717, 1.165) is 0 Å². The van der Waals surface area contributed by atoms with Crippen molar-refractivity contribution in [3.63, 3.8) is 0 Å². The van der Waals surface area contributed by atoms with Gasteiger partial charge in [-0.05, 0) is 18.9 Å². The van der Waals surface area contributed by atoms with Gasteiger partial charge in [0.05, 0.1) is 15.3 Å². The van der Waals surface area contributed by atoms with Gasteiger partial charge >= 0.3 is 5.69 Å². The molecule has 0 unspecified atom stereocenters. The summed E-state index contributed by atoms with van der Waals surface area (Å²) >= 11 is 5.90. The summed E-state index contributed by atoms with van der Waals surface area (Å²) in [6, 6.07) is 2.62. The van der Waals surface area contributed by atoms with Gasteiger partial charge in [0.15, 0.2) is 5.43 Å². The average Bonchev–Trinajstić information content (AvgIpc) is 2.56. The third-order valence-corrected chi connectivity index (χ3v) is 4.84. The highest BCUT2D eigenvalue weighted by molar-refractivity contribution is 6.34. The molecule has 1 aliphatic heterocycles. The van der Waals surface area contributed by atoms with Gasteiger partial charge in [0.1, 0.15) is 11.4 Å². The first-order valence-corrected chi connectivity index (χ1v) is 8.13. The smallest absolute Gasteiger partial charge is 0.336 e. The number of nitrogens with two attached hydrogens (primary N) is 1. The molecule has 0 bridgehead atoms. The highest BCUT2D eigenvalue weighted by Gasteiger charge is 2.28. The van der Waals surface area contributed by atoms with E-state index in [-0.39, 0.29) is 33.5 Å². The van der Waals surface area contributed by atoms with Gasteiger partial charge in [-0.2, -0.15) is 0 Å². The number of hydrogen-bond acceptors (Lipinski definition) is 6. The Kier molecular flexibility index (Phi) is 4.38. The lowest BCUT2D eigenvalue weighted by Crippen LogP contribution is -2.36. The molecule has 0 aliphatic carbocycles. The summed E-state index contributed by atoms with van der Waals surface area (Å²) < 4.78 is 5.72. The van der Waals surface area contributed by atoms with Crippen LogP contribution < -0.4 is 11.2 Å². The van der Waals surface area contributed by atoms with Crippen molar-refractivity contribution >= 4 is 39.9 Å². The molecule has 2 heterocycles. The van der Waals surface area contributed by atoms with Gasteiger partial charge < -0.3 is 15.1 Å². The van der Waals surface area contributed by atoms with Crippen LogP contribution in [0.1, 0.15) is 31.4 Å². The number of rotatable bonds is 2. The number of halogens is 1. The highest BCUT2D eigenvalue weighted by Crippen LogP contribution is 2.38. The maximum Gasteiger partial charge on any atom is 0.336 e. The number of carbonyl (C=O) groups is 1. The summed E-state index contributed by atoms with van der Waals surface area (Å²) in [5.41, 5.74) is 4.40. The molecule has 1 saturated heterocycles. The van der Waals surface area contributed by atoms with E-state index in [1.807, 2.05) is 0 Å². The Balaban J connectivity index is 2.09. The van der Waals surface area contributed by atoms with Crippen LogP contribution in [0.15, 0.2) is 21.3 Å². The summed E-state index contributed by atoms with van der Waals surface area (Å²) in [6.07, 6.45) is 1.23. The Hall–Kier alpha value is -2.61. The Morgan fingerprint density at radius 2 is 2.04 bits per heavy atom. The number of likely N-dealkylation sites (tertiary alicyclic amines) is 1. The monoisotopic (exact) mass is 365 g/mol. The number of piperidine rings is 1. The standard InChI is InChI=1S/C16H16ClN3O5/c1-8(21)19-4-2-9(3-5-19)13-7-12(22)10-6-11(17)14(18)15(20(23)24)16(10)25-13/h6-7,9H,2-5,18H2,1H3. The summed E-state index contributed by atoms with van der Waals surface area (Å²) in [5, 5.41) is 11.3. The maximum atomic E-state index is 12.4. The fourth-order valence-corrected chi connectivity index (χ4v) is 3.33. The van der Waals surface area contributed by atoms with Crippen LogP contribution >= 0.6 is 11.6 Å². The second kappa shape index (κ2) is 6.36. The molecule has 0 radical (unpaired) electrons. The van der Waals surface area contributed by atoms with Crippen molar-refractivity contribution in [1.29, 1.82) is 0 Å². The minimum absolute atomic E-state index is 0.00327. The first-order chi connectivity index (χ1) is 11.8. The Labute approximate surface area is 147 Å². The second-order valence-electron chi connectivity index (χ2n) is 6.05. The maximum absolute atomic E-state index is 12.4.